The molecule has 0 radical (unpaired) electrons. The molecule has 0 spiro atoms. The van der Waals surface area contributed by atoms with Crippen LogP contribution in [0.1, 0.15) is 110 Å². The average molecular weight is 605 g/mol. The predicted octanol–water partition coefficient (Wildman–Crippen LogP) is 4.45. The molecular formula is C32H52N4O7. The van der Waals surface area contributed by atoms with Crippen molar-refractivity contribution in [1.29, 1.82) is 0 Å². The Morgan fingerprint density at radius 1 is 0.977 bits per heavy atom. The number of carbonyl (C=O) groups is 5. The molecule has 0 bridgehead atoms. The van der Waals surface area contributed by atoms with Gasteiger partial charge in [-0.05, 0) is 53.0 Å². The fraction of sp³-hybridized carbons (Fsp3) is 0.656. The zero-order chi connectivity index (χ0) is 32.4. The SMILES string of the molecule is CCCCCCCCN(C(=O)C(CCC(N)=O)NC(=O)OC(C)(C)C)C(C(=O)NCCC(=O)OCC)c1cccc(C)c1. The van der Waals surface area contributed by atoms with Gasteiger partial charge in [-0.2, -0.15) is 0 Å². The first-order valence-corrected chi connectivity index (χ1v) is 15.4. The van der Waals surface area contributed by atoms with Crippen molar-refractivity contribution in [1.82, 2.24) is 15.5 Å². The molecule has 1 aromatic carbocycles. The van der Waals surface area contributed by atoms with Crippen molar-refractivity contribution in [3.8, 4) is 0 Å². The van der Waals surface area contributed by atoms with E-state index < -0.39 is 47.5 Å². The van der Waals surface area contributed by atoms with Gasteiger partial charge in [0.1, 0.15) is 17.7 Å². The lowest BCUT2D eigenvalue weighted by atomic mass is 9.99. The molecule has 0 heterocycles. The molecule has 43 heavy (non-hydrogen) atoms. The standard InChI is InChI=1S/C32H52N4O7/c1-7-9-10-11-12-13-21-36(30(40)25(17-18-26(33)37)35-31(41)43-32(4,5)6)28(24-16-14-15-23(3)22-24)29(39)34-20-19-27(38)42-8-2/h14-16,22,25,28H,7-13,17-21H2,1-6H3,(H2,33,37)(H,34,39)(H,35,41). The lowest BCUT2D eigenvalue weighted by Crippen LogP contribution is -2.53. The first-order chi connectivity index (χ1) is 20.3. The third-order valence-electron chi connectivity index (χ3n) is 6.56. The minimum Gasteiger partial charge on any atom is -0.466 e. The van der Waals surface area contributed by atoms with Crippen LogP contribution in [-0.4, -0.2) is 66.0 Å². The number of nitrogens with two attached hydrogens (primary N) is 1. The Morgan fingerprint density at radius 2 is 1.65 bits per heavy atom. The van der Waals surface area contributed by atoms with Gasteiger partial charge in [0.25, 0.3) is 0 Å². The molecule has 0 fully saturated rings. The maximum Gasteiger partial charge on any atom is 0.408 e. The van der Waals surface area contributed by atoms with E-state index in [1.807, 2.05) is 19.1 Å². The zero-order valence-corrected chi connectivity index (χ0v) is 26.8. The van der Waals surface area contributed by atoms with Crippen LogP contribution in [0.15, 0.2) is 24.3 Å². The number of nitrogens with one attached hydrogen (secondary N) is 2. The van der Waals surface area contributed by atoms with Crippen molar-refractivity contribution in [3.63, 3.8) is 0 Å². The Hall–Kier alpha value is -3.63. The maximum absolute atomic E-state index is 14.2. The summed E-state index contributed by atoms with van der Waals surface area (Å²) in [6.45, 7) is 11.3. The van der Waals surface area contributed by atoms with E-state index in [4.69, 9.17) is 15.2 Å². The summed E-state index contributed by atoms with van der Waals surface area (Å²) >= 11 is 0. The number of benzene rings is 1. The van der Waals surface area contributed by atoms with Gasteiger partial charge in [-0.3, -0.25) is 19.2 Å². The molecule has 1 rings (SSSR count). The summed E-state index contributed by atoms with van der Waals surface area (Å²) in [6.07, 6.45) is 4.69. The molecule has 0 saturated heterocycles. The van der Waals surface area contributed by atoms with Crippen molar-refractivity contribution < 1.29 is 33.4 Å². The second-order valence-electron chi connectivity index (χ2n) is 11.7. The molecule has 11 heteroatoms. The molecule has 2 atom stereocenters. The Kier molecular flexibility index (Phi) is 17.0. The van der Waals surface area contributed by atoms with Gasteiger partial charge in [0.15, 0.2) is 0 Å². The summed E-state index contributed by atoms with van der Waals surface area (Å²) in [5.41, 5.74) is 6.05. The van der Waals surface area contributed by atoms with Crippen molar-refractivity contribution in [2.45, 2.75) is 117 Å². The third kappa shape index (κ3) is 15.4. The zero-order valence-electron chi connectivity index (χ0n) is 26.8. The molecule has 0 aliphatic carbocycles. The Balaban J connectivity index is 3.44. The van der Waals surface area contributed by atoms with Crippen LogP contribution in [-0.2, 0) is 28.7 Å². The van der Waals surface area contributed by atoms with E-state index in [2.05, 4.69) is 17.6 Å². The topological polar surface area (TPSA) is 157 Å². The number of carbonyl (C=O) groups excluding carboxylic acids is 5. The minimum atomic E-state index is -1.16. The van der Waals surface area contributed by atoms with Crippen molar-refractivity contribution in [2.24, 2.45) is 5.73 Å². The van der Waals surface area contributed by atoms with E-state index >= 15 is 0 Å². The number of aryl methyl sites for hydroxylation is 1. The van der Waals surface area contributed by atoms with Gasteiger partial charge in [0.05, 0.1) is 13.0 Å². The van der Waals surface area contributed by atoms with Gasteiger partial charge in [-0.1, -0.05) is 68.9 Å². The number of ether oxygens (including phenoxy) is 2. The number of esters is 1. The van der Waals surface area contributed by atoms with E-state index in [-0.39, 0.29) is 39.0 Å². The number of nitrogens with zero attached hydrogens (tertiary/aromatic N) is 1. The molecule has 11 nitrogen and oxygen atoms in total. The smallest absolute Gasteiger partial charge is 0.408 e. The highest BCUT2D eigenvalue weighted by Gasteiger charge is 2.36. The van der Waals surface area contributed by atoms with Gasteiger partial charge in [-0.15, -0.1) is 0 Å². The number of alkyl carbamates (subject to hydrolysis) is 1. The van der Waals surface area contributed by atoms with Crippen LogP contribution < -0.4 is 16.4 Å². The average Bonchev–Trinajstić information content (AvgIpc) is 2.90. The van der Waals surface area contributed by atoms with Gasteiger partial charge < -0.3 is 30.7 Å². The predicted molar refractivity (Wildman–Crippen MR) is 165 cm³/mol. The van der Waals surface area contributed by atoms with Crippen LogP contribution in [0.3, 0.4) is 0 Å². The Bertz CT molecular complexity index is 1050. The Morgan fingerprint density at radius 3 is 2.26 bits per heavy atom. The second kappa shape index (κ2) is 19.5. The highest BCUT2D eigenvalue weighted by molar-refractivity contribution is 5.92. The molecule has 0 saturated carbocycles. The molecule has 0 aromatic heterocycles. The number of hydrogen-bond donors (Lipinski definition) is 3. The summed E-state index contributed by atoms with van der Waals surface area (Å²) in [5, 5.41) is 5.39. The van der Waals surface area contributed by atoms with Gasteiger partial charge in [-0.25, -0.2) is 4.79 Å². The van der Waals surface area contributed by atoms with Crippen LogP contribution >= 0.6 is 0 Å². The number of amides is 4. The van der Waals surface area contributed by atoms with Crippen LogP contribution in [0.4, 0.5) is 4.79 Å². The summed E-state index contributed by atoms with van der Waals surface area (Å²) in [7, 11) is 0. The summed E-state index contributed by atoms with van der Waals surface area (Å²) < 4.78 is 10.4. The molecule has 2 unspecified atom stereocenters. The number of unbranched alkanes of at least 4 members (excludes halogenated alkanes) is 5. The van der Waals surface area contributed by atoms with Crippen LogP contribution in [0.25, 0.3) is 0 Å². The fourth-order valence-electron chi connectivity index (χ4n) is 4.55. The molecule has 4 N–H and O–H groups in total. The lowest BCUT2D eigenvalue weighted by Gasteiger charge is -2.34. The monoisotopic (exact) mass is 604 g/mol. The van der Waals surface area contributed by atoms with E-state index in [9.17, 15) is 24.0 Å². The van der Waals surface area contributed by atoms with Crippen molar-refractivity contribution in [2.75, 3.05) is 19.7 Å². The molecule has 1 aromatic rings. The van der Waals surface area contributed by atoms with Crippen LogP contribution in [0.2, 0.25) is 0 Å². The maximum atomic E-state index is 14.2. The fourth-order valence-corrected chi connectivity index (χ4v) is 4.55. The highest BCUT2D eigenvalue weighted by Crippen LogP contribution is 2.25. The molecule has 242 valence electrons. The normalized spacial score (nSPS) is 12.5. The van der Waals surface area contributed by atoms with E-state index in [1.165, 1.54) is 4.90 Å². The second-order valence-corrected chi connectivity index (χ2v) is 11.7. The number of hydrogen-bond acceptors (Lipinski definition) is 7. The van der Waals surface area contributed by atoms with E-state index in [0.717, 1.165) is 37.7 Å². The molecular weight excluding hydrogens is 552 g/mol. The lowest BCUT2D eigenvalue weighted by molar-refractivity contribution is -0.144. The summed E-state index contributed by atoms with van der Waals surface area (Å²) in [6, 6.07) is 5.07. The Labute approximate surface area is 256 Å². The molecule has 4 amide bonds. The number of primary amides is 1. The first kappa shape index (κ1) is 37.4. The highest BCUT2D eigenvalue weighted by atomic mass is 16.6. The van der Waals surface area contributed by atoms with Gasteiger partial charge in [0.2, 0.25) is 17.7 Å². The molecule has 0 aliphatic heterocycles. The van der Waals surface area contributed by atoms with E-state index in [1.54, 1.807) is 39.8 Å². The van der Waals surface area contributed by atoms with Crippen LogP contribution in [0.5, 0.6) is 0 Å². The molecule has 0 aliphatic rings. The quantitative estimate of drug-likeness (QED) is 0.155. The van der Waals surface area contributed by atoms with Crippen molar-refractivity contribution >= 4 is 29.8 Å². The third-order valence-corrected chi connectivity index (χ3v) is 6.56. The van der Waals surface area contributed by atoms with Gasteiger partial charge >= 0.3 is 12.1 Å². The van der Waals surface area contributed by atoms with Crippen molar-refractivity contribution in [3.05, 3.63) is 35.4 Å². The van der Waals surface area contributed by atoms with Crippen LogP contribution in [0, 0.1) is 6.92 Å². The number of rotatable bonds is 19. The van der Waals surface area contributed by atoms with Gasteiger partial charge in [0, 0.05) is 19.5 Å². The summed E-state index contributed by atoms with van der Waals surface area (Å²) in [4.78, 5) is 65.8. The summed E-state index contributed by atoms with van der Waals surface area (Å²) in [5.74, 6) is -2.07. The minimum absolute atomic E-state index is 0.0209. The first-order valence-electron chi connectivity index (χ1n) is 15.4. The van der Waals surface area contributed by atoms with E-state index in [0.29, 0.717) is 12.0 Å². The largest absolute Gasteiger partial charge is 0.466 e.